The first-order chi connectivity index (χ1) is 5.86. The fraction of sp³-hybridized carbons (Fsp3) is 0.727. The second kappa shape index (κ2) is 5.13. The van der Waals surface area contributed by atoms with Gasteiger partial charge in [0.15, 0.2) is 0 Å². The Bertz CT molecular complexity index is 170. The van der Waals surface area contributed by atoms with Crippen molar-refractivity contribution in [3.8, 4) is 0 Å². The van der Waals surface area contributed by atoms with Crippen molar-refractivity contribution in [2.45, 2.75) is 45.4 Å². The van der Waals surface area contributed by atoms with E-state index >= 15 is 0 Å². The van der Waals surface area contributed by atoms with Crippen molar-refractivity contribution in [1.29, 1.82) is 0 Å². The van der Waals surface area contributed by atoms with Gasteiger partial charge >= 0.3 is 0 Å². The quantitative estimate of drug-likeness (QED) is 0.463. The summed E-state index contributed by atoms with van der Waals surface area (Å²) < 4.78 is 0. The highest BCUT2D eigenvalue weighted by molar-refractivity contribution is 5.54. The minimum absolute atomic E-state index is 0.273. The van der Waals surface area contributed by atoms with Crippen molar-refractivity contribution < 1.29 is 4.79 Å². The summed E-state index contributed by atoms with van der Waals surface area (Å²) in [5.41, 5.74) is 1.51. The average Bonchev–Trinajstić information content (AvgIpc) is 2.16. The summed E-state index contributed by atoms with van der Waals surface area (Å²) in [5.74, 6) is 0.273. The second-order valence-electron chi connectivity index (χ2n) is 3.62. The van der Waals surface area contributed by atoms with Crippen molar-refractivity contribution in [1.82, 2.24) is 0 Å². The van der Waals surface area contributed by atoms with Gasteiger partial charge in [0.05, 0.1) is 0 Å². The van der Waals surface area contributed by atoms with E-state index in [-0.39, 0.29) is 5.92 Å². The molecule has 68 valence electrons. The Hall–Kier alpha value is -0.590. The summed E-state index contributed by atoms with van der Waals surface area (Å²) in [4.78, 5) is 10.6. The van der Waals surface area contributed by atoms with E-state index in [4.69, 9.17) is 0 Å². The maximum absolute atomic E-state index is 10.6. The number of hydrogen-bond acceptors (Lipinski definition) is 1. The van der Waals surface area contributed by atoms with Crippen LogP contribution in [0.25, 0.3) is 0 Å². The van der Waals surface area contributed by atoms with Crippen LogP contribution in [-0.2, 0) is 4.79 Å². The summed E-state index contributed by atoms with van der Waals surface area (Å²) in [6.07, 6.45) is 10.5. The van der Waals surface area contributed by atoms with Crippen molar-refractivity contribution >= 4 is 6.29 Å². The van der Waals surface area contributed by atoms with Gasteiger partial charge in [0.2, 0.25) is 0 Å². The summed E-state index contributed by atoms with van der Waals surface area (Å²) in [7, 11) is 0. The lowest BCUT2D eigenvalue weighted by Crippen LogP contribution is -2.03. The van der Waals surface area contributed by atoms with Crippen LogP contribution in [0.1, 0.15) is 45.4 Å². The molecule has 12 heavy (non-hydrogen) atoms. The smallest absolute Gasteiger partial charge is 0.123 e. The first-order valence-electron chi connectivity index (χ1n) is 5.00. The van der Waals surface area contributed by atoms with Crippen molar-refractivity contribution in [3.05, 3.63) is 11.6 Å². The van der Waals surface area contributed by atoms with Crippen LogP contribution < -0.4 is 0 Å². The molecule has 0 amide bonds. The third kappa shape index (κ3) is 2.80. The molecule has 1 nitrogen and oxygen atoms in total. The van der Waals surface area contributed by atoms with Crippen LogP contribution in [0.4, 0.5) is 0 Å². The molecule has 1 rings (SSSR count). The number of aldehydes is 1. The molecule has 0 heterocycles. The summed E-state index contributed by atoms with van der Waals surface area (Å²) in [5, 5.41) is 0. The van der Waals surface area contributed by atoms with Gasteiger partial charge < -0.3 is 4.79 Å². The molecule has 1 unspecified atom stereocenters. The topological polar surface area (TPSA) is 17.1 Å². The molecule has 0 fully saturated rings. The van der Waals surface area contributed by atoms with Gasteiger partial charge in [-0.25, -0.2) is 0 Å². The molecule has 0 saturated carbocycles. The largest absolute Gasteiger partial charge is 0.303 e. The van der Waals surface area contributed by atoms with Crippen LogP contribution in [0.5, 0.6) is 0 Å². The van der Waals surface area contributed by atoms with Gasteiger partial charge in [-0.3, -0.25) is 0 Å². The first-order valence-corrected chi connectivity index (χ1v) is 5.00. The lowest BCUT2D eigenvalue weighted by molar-refractivity contribution is -0.111. The van der Waals surface area contributed by atoms with E-state index in [1.165, 1.54) is 31.3 Å². The number of rotatable bonds is 4. The molecular weight excluding hydrogens is 148 g/mol. The van der Waals surface area contributed by atoms with Gasteiger partial charge in [0, 0.05) is 5.92 Å². The van der Waals surface area contributed by atoms with Crippen LogP contribution in [0, 0.1) is 5.92 Å². The van der Waals surface area contributed by atoms with Crippen LogP contribution in [0.15, 0.2) is 11.6 Å². The Balaban J connectivity index is 2.37. The Labute approximate surface area is 74.9 Å². The van der Waals surface area contributed by atoms with Crippen molar-refractivity contribution in [2.24, 2.45) is 5.92 Å². The van der Waals surface area contributed by atoms with Crippen LogP contribution in [0.2, 0.25) is 0 Å². The summed E-state index contributed by atoms with van der Waals surface area (Å²) in [6, 6.07) is 0. The number of hydrogen-bond donors (Lipinski definition) is 0. The highest BCUT2D eigenvalue weighted by atomic mass is 16.1. The molecule has 0 aromatic rings. The summed E-state index contributed by atoms with van der Waals surface area (Å²) in [6.45, 7) is 2.09. The molecule has 1 aliphatic carbocycles. The molecular formula is C11H18O. The van der Waals surface area contributed by atoms with Gasteiger partial charge in [-0.15, -0.1) is 0 Å². The maximum atomic E-state index is 10.6. The van der Waals surface area contributed by atoms with Crippen molar-refractivity contribution in [2.75, 3.05) is 0 Å². The lowest BCUT2D eigenvalue weighted by atomic mass is 9.91. The van der Waals surface area contributed by atoms with E-state index in [2.05, 4.69) is 13.0 Å². The van der Waals surface area contributed by atoms with Gasteiger partial charge in [-0.1, -0.05) is 18.6 Å². The highest BCUT2D eigenvalue weighted by Gasteiger charge is 2.09. The standard InChI is InChI=1S/C11H18O/c1-2-10(9-12)8-11-6-4-3-5-7-11/h6,9-10H,2-5,7-8H2,1H3. The zero-order valence-corrected chi connectivity index (χ0v) is 7.88. The number of carbonyl (C=O) groups excluding carboxylic acids is 1. The van der Waals surface area contributed by atoms with Crippen LogP contribution >= 0.6 is 0 Å². The number of allylic oxidation sites excluding steroid dienone is 2. The second-order valence-corrected chi connectivity index (χ2v) is 3.62. The molecule has 1 atom stereocenters. The molecule has 0 bridgehead atoms. The molecule has 0 aliphatic heterocycles. The third-order valence-corrected chi connectivity index (χ3v) is 2.63. The van der Waals surface area contributed by atoms with E-state index < -0.39 is 0 Å². The zero-order chi connectivity index (χ0) is 8.81. The molecule has 0 spiro atoms. The van der Waals surface area contributed by atoms with Gasteiger partial charge in [-0.2, -0.15) is 0 Å². The van der Waals surface area contributed by atoms with Gasteiger partial charge in [0.25, 0.3) is 0 Å². The Morgan fingerprint density at radius 3 is 2.92 bits per heavy atom. The highest BCUT2D eigenvalue weighted by Crippen LogP contribution is 2.23. The molecule has 1 aliphatic rings. The van der Waals surface area contributed by atoms with E-state index in [1.54, 1.807) is 0 Å². The molecule has 0 N–H and O–H groups in total. The monoisotopic (exact) mass is 166 g/mol. The normalized spacial score (nSPS) is 19.9. The minimum atomic E-state index is 0.273. The molecule has 0 aromatic carbocycles. The minimum Gasteiger partial charge on any atom is -0.303 e. The lowest BCUT2D eigenvalue weighted by Gasteiger charge is -2.15. The molecule has 0 aromatic heterocycles. The van der Waals surface area contributed by atoms with Crippen LogP contribution in [-0.4, -0.2) is 6.29 Å². The Kier molecular flexibility index (Phi) is 4.06. The van der Waals surface area contributed by atoms with Crippen molar-refractivity contribution in [3.63, 3.8) is 0 Å². The molecule has 0 radical (unpaired) electrons. The van der Waals surface area contributed by atoms with Crippen LogP contribution in [0.3, 0.4) is 0 Å². The SMILES string of the molecule is CCC(C=O)CC1=CCCCC1. The molecule has 0 saturated heterocycles. The van der Waals surface area contributed by atoms with Gasteiger partial charge in [-0.05, 0) is 38.5 Å². The van der Waals surface area contributed by atoms with E-state index in [1.807, 2.05) is 0 Å². The fourth-order valence-electron chi connectivity index (χ4n) is 1.72. The van der Waals surface area contributed by atoms with Gasteiger partial charge in [0.1, 0.15) is 6.29 Å². The maximum Gasteiger partial charge on any atom is 0.123 e. The first kappa shape index (κ1) is 9.50. The average molecular weight is 166 g/mol. The third-order valence-electron chi connectivity index (χ3n) is 2.63. The van der Waals surface area contributed by atoms with E-state index in [0.29, 0.717) is 0 Å². The number of carbonyl (C=O) groups is 1. The zero-order valence-electron chi connectivity index (χ0n) is 7.88. The Morgan fingerprint density at radius 2 is 2.42 bits per heavy atom. The predicted molar refractivity (Wildman–Crippen MR) is 51.0 cm³/mol. The predicted octanol–water partition coefficient (Wildman–Crippen LogP) is 3.10. The summed E-state index contributed by atoms with van der Waals surface area (Å²) >= 11 is 0. The van der Waals surface area contributed by atoms with E-state index in [0.717, 1.165) is 19.1 Å². The van der Waals surface area contributed by atoms with E-state index in [9.17, 15) is 4.79 Å². The Morgan fingerprint density at radius 1 is 1.58 bits per heavy atom. The fourth-order valence-corrected chi connectivity index (χ4v) is 1.72. The molecule has 1 heteroatoms.